The van der Waals surface area contributed by atoms with E-state index < -0.39 is 0 Å². The number of aromatic nitrogens is 2. The lowest BCUT2D eigenvalue weighted by molar-refractivity contribution is 0.188. The van der Waals surface area contributed by atoms with Crippen LogP contribution in [0.5, 0.6) is 0 Å². The highest BCUT2D eigenvalue weighted by atomic mass is 32.2. The Morgan fingerprint density at radius 2 is 2.16 bits per heavy atom. The summed E-state index contributed by atoms with van der Waals surface area (Å²) in [5.74, 6) is 4.32. The van der Waals surface area contributed by atoms with Gasteiger partial charge in [-0.25, -0.2) is 0 Å². The molecule has 2 fully saturated rings. The lowest BCUT2D eigenvalue weighted by atomic mass is 9.97. The van der Waals surface area contributed by atoms with Crippen molar-refractivity contribution in [3.05, 3.63) is 11.7 Å². The van der Waals surface area contributed by atoms with Crippen molar-refractivity contribution in [1.82, 2.24) is 15.0 Å². The molecule has 2 aliphatic rings. The molecule has 0 bridgehead atoms. The van der Waals surface area contributed by atoms with Crippen molar-refractivity contribution in [1.29, 1.82) is 0 Å². The van der Waals surface area contributed by atoms with Crippen LogP contribution in [0.1, 0.15) is 30.5 Å². The van der Waals surface area contributed by atoms with E-state index in [2.05, 4.69) is 15.0 Å². The van der Waals surface area contributed by atoms with Crippen molar-refractivity contribution in [3.8, 4) is 0 Å². The van der Waals surface area contributed by atoms with E-state index in [1.54, 1.807) is 0 Å². The number of hydrogen-bond acceptors (Lipinski definition) is 6. The number of aryl methyl sites for hydroxylation is 1. The molecule has 0 radical (unpaired) electrons. The maximum Gasteiger partial charge on any atom is 0.231 e. The number of aliphatic hydroxyl groups is 1. The topological polar surface area (TPSA) is 62.4 Å². The fourth-order valence-corrected chi connectivity index (χ4v) is 4.26. The first-order valence-electron chi connectivity index (χ1n) is 7.01. The summed E-state index contributed by atoms with van der Waals surface area (Å²) in [5.41, 5.74) is 0. The van der Waals surface area contributed by atoms with Gasteiger partial charge in [-0.05, 0) is 31.3 Å². The summed E-state index contributed by atoms with van der Waals surface area (Å²) < 4.78 is 5.31. The van der Waals surface area contributed by atoms with Crippen LogP contribution in [0.15, 0.2) is 4.52 Å². The zero-order chi connectivity index (χ0) is 13.2. The van der Waals surface area contributed by atoms with Crippen molar-refractivity contribution >= 4 is 11.8 Å². The minimum atomic E-state index is 0.195. The van der Waals surface area contributed by atoms with Gasteiger partial charge in [0.15, 0.2) is 5.82 Å². The smallest absolute Gasteiger partial charge is 0.231 e. The zero-order valence-corrected chi connectivity index (χ0v) is 12.1. The molecule has 0 unspecified atom stereocenters. The van der Waals surface area contributed by atoms with Gasteiger partial charge in [0.25, 0.3) is 0 Å². The minimum absolute atomic E-state index is 0.195. The van der Waals surface area contributed by atoms with Crippen LogP contribution in [0.4, 0.5) is 0 Å². The Hall–Kier alpha value is -0.590. The van der Waals surface area contributed by atoms with Crippen LogP contribution in [-0.2, 0) is 0 Å². The number of aliphatic hydroxyl groups excluding tert-OH is 1. The van der Waals surface area contributed by atoms with Gasteiger partial charge in [0.2, 0.25) is 5.89 Å². The molecule has 6 heteroatoms. The third-order valence-corrected chi connectivity index (χ3v) is 5.32. The SMILES string of the molecule is Cc1noc([C@@H]2CN(C3CCSCC3)C[C@H]2CO)n1. The molecular weight excluding hydrogens is 262 g/mol. The second-order valence-electron chi connectivity index (χ2n) is 5.53. The first-order valence-corrected chi connectivity index (χ1v) is 8.16. The molecule has 0 spiro atoms. The molecule has 1 aromatic heterocycles. The molecule has 2 saturated heterocycles. The number of thioether (sulfide) groups is 1. The molecule has 106 valence electrons. The maximum absolute atomic E-state index is 9.60. The summed E-state index contributed by atoms with van der Waals surface area (Å²) in [7, 11) is 0. The monoisotopic (exact) mass is 283 g/mol. The van der Waals surface area contributed by atoms with Gasteiger partial charge < -0.3 is 9.63 Å². The van der Waals surface area contributed by atoms with Crippen LogP contribution < -0.4 is 0 Å². The molecule has 0 aromatic carbocycles. The predicted octanol–water partition coefficient (Wildman–Crippen LogP) is 1.28. The first kappa shape index (κ1) is 13.4. The Labute approximate surface area is 117 Å². The fourth-order valence-electron chi connectivity index (χ4n) is 3.18. The highest BCUT2D eigenvalue weighted by Gasteiger charge is 2.39. The first-order chi connectivity index (χ1) is 9.28. The van der Waals surface area contributed by atoms with E-state index in [0.29, 0.717) is 17.8 Å². The zero-order valence-electron chi connectivity index (χ0n) is 11.3. The molecule has 19 heavy (non-hydrogen) atoms. The lowest BCUT2D eigenvalue weighted by Gasteiger charge is -2.30. The summed E-state index contributed by atoms with van der Waals surface area (Å²) in [5, 5.41) is 13.5. The van der Waals surface area contributed by atoms with E-state index in [9.17, 15) is 5.11 Å². The van der Waals surface area contributed by atoms with E-state index in [4.69, 9.17) is 4.52 Å². The van der Waals surface area contributed by atoms with Gasteiger partial charge >= 0.3 is 0 Å². The van der Waals surface area contributed by atoms with Crippen molar-refractivity contribution in [2.45, 2.75) is 31.7 Å². The Morgan fingerprint density at radius 3 is 2.79 bits per heavy atom. The molecule has 0 aliphatic carbocycles. The predicted molar refractivity (Wildman–Crippen MR) is 74.3 cm³/mol. The molecular formula is C13H21N3O2S. The van der Waals surface area contributed by atoms with Crippen molar-refractivity contribution in [2.75, 3.05) is 31.2 Å². The van der Waals surface area contributed by atoms with Gasteiger partial charge in [-0.3, -0.25) is 4.90 Å². The largest absolute Gasteiger partial charge is 0.396 e. The van der Waals surface area contributed by atoms with Crippen molar-refractivity contribution in [3.63, 3.8) is 0 Å². The Kier molecular flexibility index (Phi) is 4.10. The van der Waals surface area contributed by atoms with Crippen LogP contribution in [0, 0.1) is 12.8 Å². The number of rotatable bonds is 3. The van der Waals surface area contributed by atoms with Gasteiger partial charge in [0.1, 0.15) is 0 Å². The standard InChI is InChI=1S/C13H21N3O2S/c1-9-14-13(18-15-9)12-7-16(6-10(12)8-17)11-2-4-19-5-3-11/h10-12,17H,2-8H2,1H3/t10-,12+/m0/s1. The molecule has 0 amide bonds. The van der Waals surface area contributed by atoms with E-state index in [1.165, 1.54) is 24.3 Å². The van der Waals surface area contributed by atoms with E-state index in [1.807, 2.05) is 18.7 Å². The van der Waals surface area contributed by atoms with Gasteiger partial charge in [0.05, 0.1) is 5.92 Å². The average molecular weight is 283 g/mol. The van der Waals surface area contributed by atoms with Gasteiger partial charge in [0, 0.05) is 31.7 Å². The molecule has 1 aromatic rings. The Morgan fingerprint density at radius 1 is 1.37 bits per heavy atom. The van der Waals surface area contributed by atoms with E-state index in [-0.39, 0.29) is 18.4 Å². The third kappa shape index (κ3) is 2.80. The van der Waals surface area contributed by atoms with Crippen LogP contribution in [-0.4, -0.2) is 57.4 Å². The van der Waals surface area contributed by atoms with E-state index in [0.717, 1.165) is 13.1 Å². The number of nitrogens with zero attached hydrogens (tertiary/aromatic N) is 3. The summed E-state index contributed by atoms with van der Waals surface area (Å²) in [4.78, 5) is 6.87. The highest BCUT2D eigenvalue weighted by Crippen LogP contribution is 2.35. The molecule has 3 rings (SSSR count). The van der Waals surface area contributed by atoms with Gasteiger partial charge in [-0.1, -0.05) is 5.16 Å². The summed E-state index contributed by atoms with van der Waals surface area (Å²) in [6.45, 7) is 3.94. The van der Waals surface area contributed by atoms with Crippen molar-refractivity contribution in [2.24, 2.45) is 5.92 Å². The molecule has 2 atom stereocenters. The second-order valence-corrected chi connectivity index (χ2v) is 6.75. The average Bonchev–Trinajstić information content (AvgIpc) is 3.05. The lowest BCUT2D eigenvalue weighted by Crippen LogP contribution is -2.36. The second kappa shape index (κ2) is 5.81. The Bertz CT molecular complexity index is 420. The molecule has 0 saturated carbocycles. The van der Waals surface area contributed by atoms with Gasteiger partial charge in [-0.15, -0.1) is 0 Å². The van der Waals surface area contributed by atoms with Crippen molar-refractivity contribution < 1.29 is 9.63 Å². The van der Waals surface area contributed by atoms with Gasteiger partial charge in [-0.2, -0.15) is 16.7 Å². The van der Waals surface area contributed by atoms with Crippen LogP contribution in [0.25, 0.3) is 0 Å². The summed E-state index contributed by atoms with van der Waals surface area (Å²) in [6, 6.07) is 0.671. The van der Waals surface area contributed by atoms with Crippen LogP contribution >= 0.6 is 11.8 Å². The van der Waals surface area contributed by atoms with Crippen LogP contribution in [0.2, 0.25) is 0 Å². The molecule has 5 nitrogen and oxygen atoms in total. The fraction of sp³-hybridized carbons (Fsp3) is 0.846. The normalized spacial score (nSPS) is 30.0. The summed E-state index contributed by atoms with van der Waals surface area (Å²) >= 11 is 2.05. The minimum Gasteiger partial charge on any atom is -0.396 e. The molecule has 2 aliphatic heterocycles. The molecule has 1 N–H and O–H groups in total. The van der Waals surface area contributed by atoms with Crippen LogP contribution in [0.3, 0.4) is 0 Å². The number of likely N-dealkylation sites (tertiary alicyclic amines) is 1. The molecule has 3 heterocycles. The number of hydrogen-bond donors (Lipinski definition) is 1. The summed E-state index contributed by atoms with van der Waals surface area (Å²) in [6.07, 6.45) is 2.52. The highest BCUT2D eigenvalue weighted by molar-refractivity contribution is 7.99. The third-order valence-electron chi connectivity index (χ3n) is 4.27. The van der Waals surface area contributed by atoms with E-state index >= 15 is 0 Å². The Balaban J connectivity index is 1.71. The quantitative estimate of drug-likeness (QED) is 0.901. The maximum atomic E-state index is 9.60.